The fourth-order valence-corrected chi connectivity index (χ4v) is 1.98. The van der Waals surface area contributed by atoms with E-state index in [9.17, 15) is 9.59 Å². The summed E-state index contributed by atoms with van der Waals surface area (Å²) in [5.74, 6) is -0.0755. The lowest BCUT2D eigenvalue weighted by Crippen LogP contribution is -2.46. The number of halogens is 1. The van der Waals surface area contributed by atoms with Gasteiger partial charge >= 0.3 is 0 Å². The first kappa shape index (κ1) is 15.7. The van der Waals surface area contributed by atoms with Crippen molar-refractivity contribution in [3.8, 4) is 0 Å². The van der Waals surface area contributed by atoms with Crippen molar-refractivity contribution in [1.82, 2.24) is 10.6 Å². The third kappa shape index (κ3) is 5.03. The second kappa shape index (κ2) is 7.28. The molecule has 1 rings (SSSR count). The van der Waals surface area contributed by atoms with Crippen LogP contribution in [-0.2, 0) is 4.79 Å². The van der Waals surface area contributed by atoms with Gasteiger partial charge in [0.25, 0.3) is 5.91 Å². The molecule has 0 radical (unpaired) electrons. The molecule has 4 nitrogen and oxygen atoms in total. The quantitative estimate of drug-likeness (QED) is 0.872. The number of likely N-dealkylation sites (N-methyl/N-ethyl adjacent to an activating group) is 1. The Morgan fingerprint density at radius 3 is 2.26 bits per heavy atom. The molecule has 2 amide bonds. The van der Waals surface area contributed by atoms with E-state index in [1.165, 1.54) is 0 Å². The summed E-state index contributed by atoms with van der Waals surface area (Å²) in [5, 5.41) is 5.34. The molecular weight excluding hydrogens is 308 g/mol. The summed E-state index contributed by atoms with van der Waals surface area (Å²) in [6.07, 6.45) is 0.613. The van der Waals surface area contributed by atoms with Gasteiger partial charge in [-0.2, -0.15) is 0 Å². The highest BCUT2D eigenvalue weighted by Crippen LogP contribution is 2.11. The molecule has 0 aromatic heterocycles. The van der Waals surface area contributed by atoms with E-state index >= 15 is 0 Å². The van der Waals surface area contributed by atoms with E-state index in [4.69, 9.17) is 0 Å². The average molecular weight is 327 g/mol. The molecule has 1 unspecified atom stereocenters. The minimum Gasteiger partial charge on any atom is -0.357 e. The Morgan fingerprint density at radius 1 is 1.21 bits per heavy atom. The molecule has 0 saturated carbocycles. The number of hydrogen-bond acceptors (Lipinski definition) is 2. The van der Waals surface area contributed by atoms with Gasteiger partial charge in [0.05, 0.1) is 0 Å². The minimum atomic E-state index is -0.499. The van der Waals surface area contributed by atoms with E-state index < -0.39 is 6.04 Å². The van der Waals surface area contributed by atoms with Crippen LogP contribution in [0.15, 0.2) is 28.7 Å². The smallest absolute Gasteiger partial charge is 0.251 e. The SMILES string of the molecule is CNC(=O)C(CC(C)C)NC(=O)c1ccc(Br)cc1. The van der Waals surface area contributed by atoms with Crippen LogP contribution in [0.1, 0.15) is 30.6 Å². The average Bonchev–Trinajstić information content (AvgIpc) is 2.37. The van der Waals surface area contributed by atoms with Crippen LogP contribution in [0.3, 0.4) is 0 Å². The monoisotopic (exact) mass is 326 g/mol. The Morgan fingerprint density at radius 2 is 1.79 bits per heavy atom. The highest BCUT2D eigenvalue weighted by molar-refractivity contribution is 9.10. The fourth-order valence-electron chi connectivity index (χ4n) is 1.72. The van der Waals surface area contributed by atoms with Crippen LogP contribution in [0.5, 0.6) is 0 Å². The topological polar surface area (TPSA) is 58.2 Å². The summed E-state index contributed by atoms with van der Waals surface area (Å²) in [6.45, 7) is 4.03. The Bertz CT molecular complexity index is 443. The van der Waals surface area contributed by atoms with Crippen molar-refractivity contribution < 1.29 is 9.59 Å². The first-order valence-electron chi connectivity index (χ1n) is 6.22. The van der Waals surface area contributed by atoms with Gasteiger partial charge in [0.15, 0.2) is 0 Å². The van der Waals surface area contributed by atoms with E-state index in [1.54, 1.807) is 31.3 Å². The first-order valence-corrected chi connectivity index (χ1v) is 7.01. The standard InChI is InChI=1S/C14H19BrN2O2/c1-9(2)8-12(14(19)16-3)17-13(18)10-4-6-11(15)7-5-10/h4-7,9,12H,8H2,1-3H3,(H,16,19)(H,17,18). The van der Waals surface area contributed by atoms with Crippen molar-refractivity contribution in [2.24, 2.45) is 5.92 Å². The number of rotatable bonds is 5. The van der Waals surface area contributed by atoms with Gasteiger partial charge in [-0.05, 0) is 36.6 Å². The first-order chi connectivity index (χ1) is 8.93. The van der Waals surface area contributed by atoms with Crippen LogP contribution in [0.4, 0.5) is 0 Å². The summed E-state index contributed by atoms with van der Waals surface area (Å²) in [7, 11) is 1.57. The maximum absolute atomic E-state index is 12.1. The summed E-state index contributed by atoms with van der Waals surface area (Å²) < 4.78 is 0.911. The van der Waals surface area contributed by atoms with Gasteiger partial charge in [0.2, 0.25) is 5.91 Å². The van der Waals surface area contributed by atoms with Crippen molar-refractivity contribution in [3.05, 3.63) is 34.3 Å². The Kier molecular flexibility index (Phi) is 6.02. The van der Waals surface area contributed by atoms with Crippen LogP contribution in [-0.4, -0.2) is 24.9 Å². The van der Waals surface area contributed by atoms with E-state index in [-0.39, 0.29) is 11.8 Å². The van der Waals surface area contributed by atoms with Crippen molar-refractivity contribution >= 4 is 27.7 Å². The van der Waals surface area contributed by atoms with Gasteiger partial charge in [-0.15, -0.1) is 0 Å². The molecule has 1 aromatic carbocycles. The van der Waals surface area contributed by atoms with E-state index in [0.29, 0.717) is 17.9 Å². The van der Waals surface area contributed by atoms with Gasteiger partial charge < -0.3 is 10.6 Å². The molecule has 0 aliphatic carbocycles. The molecule has 104 valence electrons. The molecule has 0 saturated heterocycles. The zero-order chi connectivity index (χ0) is 14.4. The number of carbonyl (C=O) groups is 2. The van der Waals surface area contributed by atoms with Crippen molar-refractivity contribution in [3.63, 3.8) is 0 Å². The van der Waals surface area contributed by atoms with E-state index in [1.807, 2.05) is 13.8 Å². The molecule has 0 bridgehead atoms. The minimum absolute atomic E-state index is 0.167. The normalized spacial score (nSPS) is 12.1. The number of amides is 2. The third-order valence-corrected chi connectivity index (χ3v) is 3.21. The molecule has 0 heterocycles. The number of benzene rings is 1. The molecule has 0 aliphatic heterocycles. The molecular formula is C14H19BrN2O2. The van der Waals surface area contributed by atoms with Gasteiger partial charge in [-0.25, -0.2) is 0 Å². The Balaban J connectivity index is 2.75. The Hall–Kier alpha value is -1.36. The van der Waals surface area contributed by atoms with Crippen molar-refractivity contribution in [2.75, 3.05) is 7.05 Å². The number of carbonyl (C=O) groups excluding carboxylic acids is 2. The molecule has 1 aromatic rings. The lowest BCUT2D eigenvalue weighted by atomic mass is 10.0. The van der Waals surface area contributed by atoms with Gasteiger partial charge in [-0.3, -0.25) is 9.59 Å². The number of nitrogens with one attached hydrogen (secondary N) is 2. The van der Waals surface area contributed by atoms with Gasteiger partial charge in [0, 0.05) is 17.1 Å². The van der Waals surface area contributed by atoms with Crippen molar-refractivity contribution in [1.29, 1.82) is 0 Å². The van der Waals surface area contributed by atoms with E-state index in [0.717, 1.165) is 4.47 Å². The third-order valence-electron chi connectivity index (χ3n) is 2.68. The Labute approximate surface area is 122 Å². The zero-order valence-corrected chi connectivity index (χ0v) is 13.0. The highest BCUT2D eigenvalue weighted by Gasteiger charge is 2.21. The molecule has 0 aliphatic rings. The molecule has 1 atom stereocenters. The second-order valence-electron chi connectivity index (χ2n) is 4.78. The molecule has 19 heavy (non-hydrogen) atoms. The maximum atomic E-state index is 12.1. The fraction of sp³-hybridized carbons (Fsp3) is 0.429. The van der Waals surface area contributed by atoms with Gasteiger partial charge in [-0.1, -0.05) is 29.8 Å². The largest absolute Gasteiger partial charge is 0.357 e. The van der Waals surface area contributed by atoms with Crippen LogP contribution in [0, 0.1) is 5.92 Å². The second-order valence-corrected chi connectivity index (χ2v) is 5.69. The lowest BCUT2D eigenvalue weighted by Gasteiger charge is -2.19. The summed E-state index contributed by atoms with van der Waals surface area (Å²) in [4.78, 5) is 23.8. The zero-order valence-electron chi connectivity index (χ0n) is 11.4. The lowest BCUT2D eigenvalue weighted by molar-refractivity contribution is -0.122. The van der Waals surface area contributed by atoms with Crippen LogP contribution in [0.2, 0.25) is 0 Å². The van der Waals surface area contributed by atoms with Crippen LogP contribution < -0.4 is 10.6 Å². The number of hydrogen-bond donors (Lipinski definition) is 2. The predicted molar refractivity (Wildman–Crippen MR) is 78.9 cm³/mol. The van der Waals surface area contributed by atoms with Crippen LogP contribution >= 0.6 is 15.9 Å². The summed E-state index contributed by atoms with van der Waals surface area (Å²) in [6, 6.07) is 6.53. The molecule has 2 N–H and O–H groups in total. The molecule has 0 fully saturated rings. The van der Waals surface area contributed by atoms with E-state index in [2.05, 4.69) is 26.6 Å². The van der Waals surface area contributed by atoms with Crippen LogP contribution in [0.25, 0.3) is 0 Å². The summed E-state index contributed by atoms with van der Waals surface area (Å²) >= 11 is 3.32. The molecule has 0 spiro atoms. The highest BCUT2D eigenvalue weighted by atomic mass is 79.9. The summed E-state index contributed by atoms with van der Waals surface area (Å²) in [5.41, 5.74) is 0.542. The van der Waals surface area contributed by atoms with Gasteiger partial charge in [0.1, 0.15) is 6.04 Å². The maximum Gasteiger partial charge on any atom is 0.251 e. The molecule has 5 heteroatoms. The van der Waals surface area contributed by atoms with Crippen molar-refractivity contribution in [2.45, 2.75) is 26.3 Å². The predicted octanol–water partition coefficient (Wildman–Crippen LogP) is 2.34.